The SMILES string of the molecule is Cc1cn([C@@H]2O[C@@]3(COCc4ccccc4)CN(S(C)(=O)=O)[C@@H]2[C@@H]3OCc2ccccc2)c(=O)[nH]c1=O.Cc1cn([C@@H]2O[C@@]3(COCc4ccccc4)CN(S(C)(=O)=O)[C@@H]2[C@@H]3OCc2ccccc2)c(=O)nc1-n1cncn1.Cc1cn([C@@H]2O[C@@]3(COCc4ccccc4)CN[C@@H]2[C@@H]3OCc2ccccc2)c(=O)[nH]c1=O. The highest BCUT2D eigenvalue weighted by molar-refractivity contribution is 7.88. The third kappa shape index (κ3) is 17.0. The summed E-state index contributed by atoms with van der Waals surface area (Å²) in [6.45, 7) is 7.90. The van der Waals surface area contributed by atoms with E-state index in [1.807, 2.05) is 182 Å². The van der Waals surface area contributed by atoms with Crippen LogP contribution in [-0.2, 0) is 102 Å². The molecule has 6 fully saturated rings. The Morgan fingerprint density at radius 1 is 0.450 bits per heavy atom. The van der Waals surface area contributed by atoms with E-state index in [1.165, 1.54) is 45.8 Å². The van der Waals surface area contributed by atoms with Crippen molar-refractivity contribution in [3.05, 3.63) is 315 Å². The molecule has 10 heterocycles. The number of nitrogens with one attached hydrogen (secondary N) is 3. The lowest BCUT2D eigenvalue weighted by atomic mass is 10.00. The van der Waals surface area contributed by atoms with Crippen LogP contribution in [0.25, 0.3) is 5.82 Å². The van der Waals surface area contributed by atoms with Crippen molar-refractivity contribution in [2.45, 2.75) is 132 Å². The highest BCUT2D eigenvalue weighted by Gasteiger charge is 2.69. The minimum absolute atomic E-state index is 0.0122. The predicted molar refractivity (Wildman–Crippen MR) is 405 cm³/mol. The molecular formula is C79H86N12O18S2. The van der Waals surface area contributed by atoms with E-state index in [-0.39, 0.29) is 51.7 Å². The lowest BCUT2D eigenvalue weighted by Crippen LogP contribution is -2.51. The molecule has 6 aromatic carbocycles. The number of benzene rings is 6. The van der Waals surface area contributed by atoms with Gasteiger partial charge in [-0.1, -0.05) is 182 Å². The summed E-state index contributed by atoms with van der Waals surface area (Å²) in [4.78, 5) is 75.4. The largest absolute Gasteiger partial charge is 0.374 e. The summed E-state index contributed by atoms with van der Waals surface area (Å²) in [6, 6.07) is 56.3. The van der Waals surface area contributed by atoms with E-state index in [1.54, 1.807) is 33.2 Å². The molecule has 0 amide bonds. The van der Waals surface area contributed by atoms with Crippen LogP contribution in [0.1, 0.15) is 68.8 Å². The van der Waals surface area contributed by atoms with Crippen molar-refractivity contribution in [3.63, 3.8) is 0 Å². The van der Waals surface area contributed by atoms with Crippen LogP contribution in [-0.4, -0.2) is 174 Å². The van der Waals surface area contributed by atoms with Crippen LogP contribution >= 0.6 is 0 Å². The number of morpholine rings is 3. The lowest BCUT2D eigenvalue weighted by Gasteiger charge is -2.36. The zero-order valence-corrected chi connectivity index (χ0v) is 63.2. The molecule has 0 spiro atoms. The van der Waals surface area contributed by atoms with Gasteiger partial charge in [0.1, 0.15) is 47.8 Å². The summed E-state index contributed by atoms with van der Waals surface area (Å²) in [5, 5.41) is 7.53. The predicted octanol–water partition coefficient (Wildman–Crippen LogP) is 5.29. The third-order valence-electron chi connectivity index (χ3n) is 20.5. The smallest absolute Gasteiger partial charge is 0.351 e. The molecule has 0 saturated carbocycles. The molecule has 111 heavy (non-hydrogen) atoms. The van der Waals surface area contributed by atoms with Crippen LogP contribution in [0, 0.1) is 20.8 Å². The number of hydrogen-bond donors (Lipinski definition) is 3. The lowest BCUT2D eigenvalue weighted by molar-refractivity contribution is -0.163. The summed E-state index contributed by atoms with van der Waals surface area (Å²) < 4.78 is 117. The Morgan fingerprint density at radius 3 is 1.19 bits per heavy atom. The minimum Gasteiger partial charge on any atom is -0.374 e. The number of ether oxygens (including phenoxy) is 9. The second kappa shape index (κ2) is 33.2. The molecule has 32 heteroatoms. The van der Waals surface area contributed by atoms with Crippen LogP contribution < -0.4 is 33.5 Å². The average Bonchev–Trinajstić information content (AvgIpc) is 1.73. The van der Waals surface area contributed by atoms with Gasteiger partial charge in [-0.2, -0.15) is 18.7 Å². The molecule has 30 nitrogen and oxygen atoms in total. The molecule has 0 radical (unpaired) electrons. The van der Waals surface area contributed by atoms with Crippen molar-refractivity contribution in [1.29, 1.82) is 0 Å². The van der Waals surface area contributed by atoms with Crippen molar-refractivity contribution in [2.75, 3.05) is 52.0 Å². The van der Waals surface area contributed by atoms with Gasteiger partial charge in [-0.25, -0.2) is 40.9 Å². The maximum atomic E-state index is 13.4. The fourth-order valence-corrected chi connectivity index (χ4v) is 17.4. The average molecular weight is 1560 g/mol. The summed E-state index contributed by atoms with van der Waals surface area (Å²) in [5.74, 6) is 0.324. The molecule has 3 N–H and O–H groups in total. The molecular weight excluding hydrogens is 1470 g/mol. The Balaban J connectivity index is 0.000000139. The molecule has 0 aliphatic carbocycles. The van der Waals surface area contributed by atoms with Gasteiger partial charge < -0.3 is 47.9 Å². The monoisotopic (exact) mass is 1550 g/mol. The number of fused-ring (bicyclic) bond motifs is 6. The van der Waals surface area contributed by atoms with Crippen LogP contribution in [0.5, 0.6) is 0 Å². The van der Waals surface area contributed by atoms with Crippen LogP contribution in [0.2, 0.25) is 0 Å². The molecule has 6 aliphatic heterocycles. The Morgan fingerprint density at radius 2 is 0.802 bits per heavy atom. The molecule has 6 aliphatic rings. The summed E-state index contributed by atoms with van der Waals surface area (Å²) >= 11 is 0. The Kier molecular flexibility index (Phi) is 23.3. The number of nitrogens with zero attached hydrogens (tertiary/aromatic N) is 9. The standard InChI is InChI=1S/C28H30N6O6S.C26H29N3O7S.C25H27N3O5/c1-20-13-32(27(35)31-25(20)33-19-29-18-30-33)26-23-24(39-15-22-11-7-4-8-12-22)28(40-26,16-34(23)41(2,36)37)17-38-14-21-9-5-3-6-10-21;1-18-13-28(25(31)27-23(18)30)24-21-22(35-15-20-11-7-4-8-12-20)26(36-24,16-29(21)37(2,32)33)17-34-14-19-9-5-3-6-10-19;1-17-12-28(24(30)27-22(17)29)23-20-21(32-14-19-10-6-3-7-11-19)25(33-23,15-26-20)16-31-13-18-8-4-2-5-9-18/h3-13,18-19,23-24,26H,14-17H2,1-2H3;3-13,21-22,24H,14-17H2,1-2H3,(H,27,30,31);2-12,20-21,23,26H,13-16H2,1H3,(H,27,29,30)/t23-,24+,26-,28-;21-,22+,24-,26-;20-,21+,23-,25-/m111/s1. The van der Waals surface area contributed by atoms with Gasteiger partial charge in [-0.15, -0.1) is 0 Å². The quantitative estimate of drug-likeness (QED) is 0.0588. The van der Waals surface area contributed by atoms with Gasteiger partial charge in [-0.3, -0.25) is 33.3 Å². The van der Waals surface area contributed by atoms with Crippen molar-refractivity contribution in [2.24, 2.45) is 0 Å². The van der Waals surface area contributed by atoms with Crippen molar-refractivity contribution in [3.8, 4) is 5.82 Å². The van der Waals surface area contributed by atoms with Gasteiger partial charge in [-0.05, 0) is 54.2 Å². The van der Waals surface area contributed by atoms with Gasteiger partial charge in [0.05, 0.1) is 90.1 Å². The molecule has 6 saturated heterocycles. The second-order valence-electron chi connectivity index (χ2n) is 28.5. The van der Waals surface area contributed by atoms with Crippen LogP contribution in [0.4, 0.5) is 0 Å². The highest BCUT2D eigenvalue weighted by Crippen LogP contribution is 2.51. The van der Waals surface area contributed by atoms with E-state index in [9.17, 15) is 40.8 Å². The molecule has 0 unspecified atom stereocenters. The number of hydrogen-bond acceptors (Lipinski definition) is 22. The number of aromatic amines is 2. The number of aromatic nitrogens is 9. The minimum atomic E-state index is -3.71. The normalized spacial score (nSPS) is 25.2. The second-order valence-corrected chi connectivity index (χ2v) is 32.4. The van der Waals surface area contributed by atoms with E-state index in [0.29, 0.717) is 62.1 Å². The van der Waals surface area contributed by atoms with E-state index in [0.717, 1.165) is 45.9 Å². The zero-order valence-electron chi connectivity index (χ0n) is 61.6. The fourth-order valence-electron chi connectivity index (χ4n) is 15.2. The Bertz CT molecular complexity index is 5410. The van der Waals surface area contributed by atoms with Gasteiger partial charge in [0.25, 0.3) is 11.1 Å². The van der Waals surface area contributed by atoms with Gasteiger partial charge >= 0.3 is 17.1 Å². The summed E-state index contributed by atoms with van der Waals surface area (Å²) in [7, 11) is -7.42. The number of rotatable bonds is 27. The van der Waals surface area contributed by atoms with Gasteiger partial charge in [0.2, 0.25) is 20.0 Å². The van der Waals surface area contributed by atoms with Gasteiger partial charge in [0.15, 0.2) is 24.5 Å². The first-order valence-electron chi connectivity index (χ1n) is 36.1. The fraction of sp³-hybridized carbons (Fsp3) is 0.367. The van der Waals surface area contributed by atoms with E-state index >= 15 is 0 Å². The first-order chi connectivity index (χ1) is 53.5. The first-order valence-corrected chi connectivity index (χ1v) is 39.8. The maximum absolute atomic E-state index is 13.4. The van der Waals surface area contributed by atoms with Crippen molar-refractivity contribution in [1.82, 2.24) is 57.3 Å². The number of H-pyrrole nitrogens is 2. The third-order valence-corrected chi connectivity index (χ3v) is 23.0. The van der Waals surface area contributed by atoms with Crippen LogP contribution in [0.15, 0.2) is 237 Å². The maximum Gasteiger partial charge on any atom is 0.351 e. The van der Waals surface area contributed by atoms with Crippen molar-refractivity contribution < 1.29 is 59.5 Å². The highest BCUT2D eigenvalue weighted by atomic mass is 32.2. The first kappa shape index (κ1) is 77.8. The molecule has 10 aromatic rings. The van der Waals surface area contributed by atoms with E-state index < -0.39 is 108 Å². The van der Waals surface area contributed by atoms with E-state index in [4.69, 9.17) is 42.6 Å². The number of sulfonamides is 2. The van der Waals surface area contributed by atoms with Gasteiger partial charge in [0, 0.05) is 54.9 Å². The Hall–Kier alpha value is -9.88. The van der Waals surface area contributed by atoms with Crippen molar-refractivity contribution >= 4 is 20.0 Å². The number of aryl methyl sites for hydroxylation is 3. The molecule has 12 atom stereocenters. The Labute approximate surface area is 639 Å². The summed E-state index contributed by atoms with van der Waals surface area (Å²) in [5.41, 5.74) is 1.42. The summed E-state index contributed by atoms with van der Waals surface area (Å²) in [6.07, 6.45) is 5.18. The van der Waals surface area contributed by atoms with Crippen LogP contribution in [0.3, 0.4) is 0 Å². The topological polar surface area (TPSA) is 345 Å². The molecule has 16 rings (SSSR count). The molecule has 6 bridgehead atoms. The molecule has 4 aromatic heterocycles. The zero-order chi connectivity index (χ0) is 77.7. The van der Waals surface area contributed by atoms with E-state index in [2.05, 4.69) is 30.4 Å². The molecule has 582 valence electrons.